The van der Waals surface area contributed by atoms with Crippen molar-refractivity contribution in [1.82, 2.24) is 10.7 Å². The second-order valence-corrected chi connectivity index (χ2v) is 4.60. The van der Waals surface area contributed by atoms with Gasteiger partial charge in [-0.25, -0.2) is 4.39 Å². The number of anilines is 1. The highest BCUT2D eigenvalue weighted by Gasteiger charge is 2.09. The number of ether oxygens (including phenoxy) is 1. The number of halogens is 1. The van der Waals surface area contributed by atoms with E-state index in [1.165, 1.54) is 6.92 Å². The quantitative estimate of drug-likeness (QED) is 0.256. The normalized spacial score (nSPS) is 10.8. The average Bonchev–Trinajstić information content (AvgIpc) is 2.55. The van der Waals surface area contributed by atoms with Crippen LogP contribution in [0.15, 0.2) is 23.3 Å². The molecule has 0 aliphatic heterocycles. The summed E-state index contributed by atoms with van der Waals surface area (Å²) >= 11 is 0. The third kappa shape index (κ3) is 6.33. The molecule has 23 heavy (non-hydrogen) atoms. The minimum Gasteiger partial charge on any atom is -0.461 e. The molecule has 8 heteroatoms. The Balaban J connectivity index is 2.83. The van der Waals surface area contributed by atoms with Crippen LogP contribution in [0.25, 0.3) is 0 Å². The Kier molecular flexibility index (Phi) is 8.12. The standard InChI is InChI=1S/C15H21FN4O3/c1-11(22)18-5-6-19-14-4-3-12(7-13(14)8-16)15(20-17-2)9-23-10-21/h3-4,7,10,17,19H,5-6,8-9H2,1-2H3,(H,18,22)/b20-15+. The van der Waals surface area contributed by atoms with Crippen LogP contribution in [0.2, 0.25) is 0 Å². The molecular weight excluding hydrogens is 303 g/mol. The van der Waals surface area contributed by atoms with Crippen molar-refractivity contribution in [2.24, 2.45) is 5.10 Å². The molecule has 126 valence electrons. The van der Waals surface area contributed by atoms with E-state index in [2.05, 4.69) is 21.2 Å². The zero-order chi connectivity index (χ0) is 17.1. The van der Waals surface area contributed by atoms with E-state index >= 15 is 0 Å². The van der Waals surface area contributed by atoms with Crippen molar-refractivity contribution < 1.29 is 18.7 Å². The lowest BCUT2D eigenvalue weighted by atomic mass is 10.1. The lowest BCUT2D eigenvalue weighted by molar-refractivity contribution is -0.127. The minimum atomic E-state index is -0.655. The first kappa shape index (κ1) is 18.4. The Morgan fingerprint density at radius 1 is 1.39 bits per heavy atom. The number of hydrogen-bond donors (Lipinski definition) is 3. The SMILES string of the molecule is CN/N=C(\COC=O)c1ccc(NCCNC(C)=O)c(CF)c1. The second-order valence-electron chi connectivity index (χ2n) is 4.60. The molecule has 0 bridgehead atoms. The van der Waals surface area contributed by atoms with Crippen LogP contribution in [-0.4, -0.2) is 44.8 Å². The largest absolute Gasteiger partial charge is 0.461 e. The summed E-state index contributed by atoms with van der Waals surface area (Å²) in [6.07, 6.45) is 0. The highest BCUT2D eigenvalue weighted by molar-refractivity contribution is 6.02. The predicted molar refractivity (Wildman–Crippen MR) is 86.0 cm³/mol. The van der Waals surface area contributed by atoms with Gasteiger partial charge in [0, 0.05) is 43.9 Å². The molecule has 1 aromatic rings. The third-order valence-electron chi connectivity index (χ3n) is 2.93. The molecule has 0 aliphatic rings. The first-order valence-corrected chi connectivity index (χ1v) is 7.08. The van der Waals surface area contributed by atoms with Gasteiger partial charge in [-0.1, -0.05) is 6.07 Å². The maximum Gasteiger partial charge on any atom is 0.293 e. The van der Waals surface area contributed by atoms with E-state index in [0.717, 1.165) is 0 Å². The molecule has 0 heterocycles. The molecule has 3 N–H and O–H groups in total. The number of carbonyl (C=O) groups excluding carboxylic acids is 2. The predicted octanol–water partition coefficient (Wildman–Crippen LogP) is 0.801. The van der Waals surface area contributed by atoms with Gasteiger partial charge in [-0.05, 0) is 12.1 Å². The van der Waals surface area contributed by atoms with Crippen molar-refractivity contribution in [3.05, 3.63) is 29.3 Å². The highest BCUT2D eigenvalue weighted by Crippen LogP contribution is 2.19. The number of hydrazone groups is 1. The van der Waals surface area contributed by atoms with Gasteiger partial charge >= 0.3 is 0 Å². The number of amides is 1. The second kappa shape index (κ2) is 10.1. The van der Waals surface area contributed by atoms with Crippen LogP contribution in [0, 0.1) is 0 Å². The van der Waals surface area contributed by atoms with Crippen LogP contribution >= 0.6 is 0 Å². The van der Waals surface area contributed by atoms with Crippen LogP contribution in [0.3, 0.4) is 0 Å². The summed E-state index contributed by atoms with van der Waals surface area (Å²) in [7, 11) is 1.62. The van der Waals surface area contributed by atoms with Crippen molar-refractivity contribution in [2.75, 3.05) is 32.1 Å². The van der Waals surface area contributed by atoms with E-state index in [1.807, 2.05) is 0 Å². The Bertz CT molecular complexity index is 564. The summed E-state index contributed by atoms with van der Waals surface area (Å²) in [5.41, 5.74) is 4.86. The topological polar surface area (TPSA) is 91.8 Å². The van der Waals surface area contributed by atoms with Gasteiger partial charge < -0.3 is 20.8 Å². The summed E-state index contributed by atoms with van der Waals surface area (Å²) in [4.78, 5) is 21.1. The van der Waals surface area contributed by atoms with Gasteiger partial charge in [-0.15, -0.1) is 0 Å². The van der Waals surface area contributed by atoms with Gasteiger partial charge in [0.1, 0.15) is 19.0 Å². The summed E-state index contributed by atoms with van der Waals surface area (Å²) in [6.45, 7) is 2.04. The van der Waals surface area contributed by atoms with Crippen molar-refractivity contribution in [1.29, 1.82) is 0 Å². The smallest absolute Gasteiger partial charge is 0.293 e. The maximum atomic E-state index is 13.3. The van der Waals surface area contributed by atoms with Crippen LogP contribution in [0.1, 0.15) is 18.1 Å². The van der Waals surface area contributed by atoms with Crippen LogP contribution in [0.5, 0.6) is 0 Å². The first-order chi connectivity index (χ1) is 11.1. The van der Waals surface area contributed by atoms with Crippen molar-refractivity contribution in [2.45, 2.75) is 13.6 Å². The zero-order valence-electron chi connectivity index (χ0n) is 13.2. The summed E-state index contributed by atoms with van der Waals surface area (Å²) in [5.74, 6) is -0.115. The molecule has 1 aromatic carbocycles. The van der Waals surface area contributed by atoms with Crippen molar-refractivity contribution in [3.63, 3.8) is 0 Å². The van der Waals surface area contributed by atoms with E-state index in [4.69, 9.17) is 4.74 Å². The molecular formula is C15H21FN4O3. The molecule has 0 radical (unpaired) electrons. The van der Waals surface area contributed by atoms with Crippen LogP contribution in [0.4, 0.5) is 10.1 Å². The fourth-order valence-electron chi connectivity index (χ4n) is 1.92. The average molecular weight is 324 g/mol. The van der Waals surface area contributed by atoms with Crippen LogP contribution in [-0.2, 0) is 21.0 Å². The third-order valence-corrected chi connectivity index (χ3v) is 2.93. The number of nitrogens with zero attached hydrogens (tertiary/aromatic N) is 1. The molecule has 0 unspecified atom stereocenters. The van der Waals surface area contributed by atoms with Gasteiger partial charge in [0.25, 0.3) is 6.47 Å². The Morgan fingerprint density at radius 2 is 2.17 bits per heavy atom. The molecule has 0 saturated heterocycles. The highest BCUT2D eigenvalue weighted by atomic mass is 19.1. The maximum absolute atomic E-state index is 13.3. The lowest BCUT2D eigenvalue weighted by Crippen LogP contribution is -2.26. The zero-order valence-corrected chi connectivity index (χ0v) is 13.2. The fraction of sp³-hybridized carbons (Fsp3) is 0.400. The monoisotopic (exact) mass is 324 g/mol. The number of alkyl halides is 1. The molecule has 1 amide bonds. The number of benzene rings is 1. The molecule has 7 nitrogen and oxygen atoms in total. The molecule has 0 atom stereocenters. The lowest BCUT2D eigenvalue weighted by Gasteiger charge is -2.13. The fourth-order valence-corrected chi connectivity index (χ4v) is 1.92. The summed E-state index contributed by atoms with van der Waals surface area (Å²) in [6, 6.07) is 5.12. The van der Waals surface area contributed by atoms with Gasteiger partial charge in [-0.2, -0.15) is 5.10 Å². The van der Waals surface area contributed by atoms with Gasteiger partial charge in [-0.3, -0.25) is 9.59 Å². The Hall–Kier alpha value is -2.64. The minimum absolute atomic E-state index is 0.00856. The number of hydrogen-bond acceptors (Lipinski definition) is 6. The molecule has 0 saturated carbocycles. The molecule has 0 aromatic heterocycles. The number of carbonyl (C=O) groups is 2. The number of nitrogens with one attached hydrogen (secondary N) is 3. The van der Waals surface area contributed by atoms with E-state index in [0.29, 0.717) is 42.1 Å². The first-order valence-electron chi connectivity index (χ1n) is 7.08. The molecule has 1 rings (SSSR count). The van der Waals surface area contributed by atoms with E-state index in [9.17, 15) is 14.0 Å². The van der Waals surface area contributed by atoms with Crippen molar-refractivity contribution in [3.8, 4) is 0 Å². The Morgan fingerprint density at radius 3 is 2.78 bits per heavy atom. The molecule has 0 spiro atoms. The van der Waals surface area contributed by atoms with Crippen LogP contribution < -0.4 is 16.1 Å². The van der Waals surface area contributed by atoms with Gasteiger partial charge in [0.05, 0.1) is 0 Å². The Labute approximate surface area is 134 Å². The van der Waals surface area contributed by atoms with Gasteiger partial charge in [0.15, 0.2) is 0 Å². The van der Waals surface area contributed by atoms with E-state index in [-0.39, 0.29) is 12.5 Å². The van der Waals surface area contributed by atoms with E-state index < -0.39 is 6.67 Å². The molecule has 0 fully saturated rings. The van der Waals surface area contributed by atoms with E-state index in [1.54, 1.807) is 25.2 Å². The van der Waals surface area contributed by atoms with Crippen molar-refractivity contribution >= 4 is 23.8 Å². The number of rotatable bonds is 10. The summed E-state index contributed by atoms with van der Waals surface area (Å²) < 4.78 is 18.0. The summed E-state index contributed by atoms with van der Waals surface area (Å²) in [5, 5.41) is 9.74. The molecule has 0 aliphatic carbocycles. The van der Waals surface area contributed by atoms with Gasteiger partial charge in [0.2, 0.25) is 5.91 Å².